The first kappa shape index (κ1) is 12.4. The molecule has 1 rings (SSSR count). The first-order chi connectivity index (χ1) is 7.63. The van der Waals surface area contributed by atoms with Crippen LogP contribution in [-0.2, 0) is 14.4 Å². The highest BCUT2D eigenvalue weighted by Crippen LogP contribution is 2.04. The molecule has 1 N–H and O–H groups in total. The van der Waals surface area contributed by atoms with Crippen molar-refractivity contribution in [2.75, 3.05) is 0 Å². The molecule has 1 amide bonds. The second-order valence-corrected chi connectivity index (χ2v) is 3.66. The predicted molar refractivity (Wildman–Crippen MR) is 59.5 cm³/mol. The Bertz CT molecular complexity index is 366. The molecule has 16 heavy (non-hydrogen) atoms. The Morgan fingerprint density at radius 1 is 1.25 bits per heavy atom. The van der Waals surface area contributed by atoms with Crippen molar-refractivity contribution in [3.05, 3.63) is 23.9 Å². The minimum absolute atomic E-state index is 0.0778. The number of hydrogen-bond acceptors (Lipinski definition) is 3. The number of allylic oxidation sites excluding steroid dienone is 3. The number of nitrogens with one attached hydrogen (secondary N) is 1. The fourth-order valence-electron chi connectivity index (χ4n) is 1.36. The summed E-state index contributed by atoms with van der Waals surface area (Å²) in [6.07, 6.45) is 6.72. The van der Waals surface area contributed by atoms with Gasteiger partial charge in [-0.05, 0) is 18.6 Å². The zero-order valence-electron chi connectivity index (χ0n) is 9.29. The Hall–Kier alpha value is -1.71. The summed E-state index contributed by atoms with van der Waals surface area (Å²) in [7, 11) is 0. The topological polar surface area (TPSA) is 63.2 Å². The number of carbonyl (C=O) groups is 3. The van der Waals surface area contributed by atoms with E-state index < -0.39 is 0 Å². The third-order valence-corrected chi connectivity index (χ3v) is 2.23. The summed E-state index contributed by atoms with van der Waals surface area (Å²) in [6.45, 7) is 2.05. The van der Waals surface area contributed by atoms with Gasteiger partial charge in [0.25, 0.3) is 0 Å². The van der Waals surface area contributed by atoms with Crippen LogP contribution in [0.1, 0.15) is 32.6 Å². The lowest BCUT2D eigenvalue weighted by molar-refractivity contribution is -0.122. The molecule has 0 atom stereocenters. The minimum Gasteiger partial charge on any atom is -0.323 e. The Morgan fingerprint density at radius 2 is 2.00 bits per heavy atom. The van der Waals surface area contributed by atoms with Crippen LogP contribution in [-0.4, -0.2) is 17.5 Å². The Balaban J connectivity index is 2.44. The molecule has 1 aliphatic carbocycles. The normalized spacial score (nSPS) is 14.9. The number of amides is 1. The van der Waals surface area contributed by atoms with Gasteiger partial charge in [0.1, 0.15) is 0 Å². The average molecular weight is 221 g/mol. The van der Waals surface area contributed by atoms with Crippen molar-refractivity contribution in [3.63, 3.8) is 0 Å². The first-order valence-corrected chi connectivity index (χ1v) is 5.41. The molecule has 0 aliphatic heterocycles. The zero-order valence-corrected chi connectivity index (χ0v) is 9.29. The highest BCUT2D eigenvalue weighted by Gasteiger charge is 2.15. The molecule has 1 aliphatic rings. The van der Waals surface area contributed by atoms with Gasteiger partial charge in [-0.2, -0.15) is 0 Å². The predicted octanol–water partition coefficient (Wildman–Crippen LogP) is 1.27. The molecule has 0 aromatic rings. The number of carbonyl (C=O) groups excluding carboxylic acids is 3. The van der Waals surface area contributed by atoms with E-state index in [1.54, 1.807) is 0 Å². The number of hydrogen-bond donors (Lipinski definition) is 1. The summed E-state index contributed by atoms with van der Waals surface area (Å²) < 4.78 is 0. The van der Waals surface area contributed by atoms with E-state index in [0.717, 1.165) is 25.3 Å². The smallest absolute Gasteiger partial charge is 0.224 e. The molecule has 0 aromatic carbocycles. The molecule has 0 saturated carbocycles. The van der Waals surface area contributed by atoms with Gasteiger partial charge in [-0.3, -0.25) is 14.4 Å². The van der Waals surface area contributed by atoms with Crippen molar-refractivity contribution in [3.8, 4) is 0 Å². The highest BCUT2D eigenvalue weighted by atomic mass is 16.2. The van der Waals surface area contributed by atoms with E-state index in [1.807, 2.05) is 0 Å². The largest absolute Gasteiger partial charge is 0.323 e. The summed E-state index contributed by atoms with van der Waals surface area (Å²) in [6, 6.07) is 0. The summed E-state index contributed by atoms with van der Waals surface area (Å²) >= 11 is 0. The minimum atomic E-state index is -0.330. The van der Waals surface area contributed by atoms with E-state index >= 15 is 0 Å². The maximum atomic E-state index is 11.4. The Labute approximate surface area is 94.4 Å². The van der Waals surface area contributed by atoms with E-state index in [4.69, 9.17) is 0 Å². The number of rotatable bonds is 5. The van der Waals surface area contributed by atoms with Gasteiger partial charge in [-0.15, -0.1) is 0 Å². The van der Waals surface area contributed by atoms with E-state index in [2.05, 4.69) is 12.2 Å². The van der Waals surface area contributed by atoms with Gasteiger partial charge in [0.2, 0.25) is 11.7 Å². The standard InChI is InChI=1S/C12H15NO3/c1-2-3-4-5-12(16)13-10-8-9(14)6-7-11(10)15/h6-8H,2-5H2,1H3,(H,13,16). The highest BCUT2D eigenvalue weighted by molar-refractivity contribution is 6.18. The summed E-state index contributed by atoms with van der Waals surface area (Å²) in [5.41, 5.74) is 0.0778. The van der Waals surface area contributed by atoms with Gasteiger partial charge >= 0.3 is 0 Å². The maximum absolute atomic E-state index is 11.4. The number of ketones is 2. The van der Waals surface area contributed by atoms with Crippen LogP contribution in [0.5, 0.6) is 0 Å². The molecule has 0 unspecified atom stereocenters. The quantitative estimate of drug-likeness (QED) is 0.561. The lowest BCUT2D eigenvalue weighted by Gasteiger charge is -2.08. The SMILES string of the molecule is CCCCCC(=O)NC1=CC(=O)C=CC1=O. The van der Waals surface area contributed by atoms with Crippen LogP contribution in [0, 0.1) is 0 Å². The van der Waals surface area contributed by atoms with Crippen LogP contribution in [0.15, 0.2) is 23.9 Å². The summed E-state index contributed by atoms with van der Waals surface area (Å²) in [5, 5.41) is 2.46. The van der Waals surface area contributed by atoms with Crippen molar-refractivity contribution in [2.45, 2.75) is 32.6 Å². The Morgan fingerprint density at radius 3 is 2.69 bits per heavy atom. The van der Waals surface area contributed by atoms with Gasteiger partial charge in [0.15, 0.2) is 5.78 Å². The van der Waals surface area contributed by atoms with Crippen LogP contribution in [0.3, 0.4) is 0 Å². The Kier molecular flexibility index (Phi) is 4.64. The molecule has 86 valence electrons. The summed E-state index contributed by atoms with van der Waals surface area (Å²) in [4.78, 5) is 33.7. The molecular formula is C12H15NO3. The molecule has 0 bridgehead atoms. The monoisotopic (exact) mass is 221 g/mol. The van der Waals surface area contributed by atoms with E-state index in [9.17, 15) is 14.4 Å². The van der Waals surface area contributed by atoms with Crippen LogP contribution < -0.4 is 5.32 Å². The van der Waals surface area contributed by atoms with Gasteiger partial charge < -0.3 is 5.32 Å². The van der Waals surface area contributed by atoms with Crippen LogP contribution in [0.4, 0.5) is 0 Å². The number of unbranched alkanes of at least 4 members (excludes halogenated alkanes) is 2. The van der Waals surface area contributed by atoms with Gasteiger partial charge in [0.05, 0.1) is 5.70 Å². The second-order valence-electron chi connectivity index (χ2n) is 3.66. The molecule has 0 aromatic heterocycles. The van der Waals surface area contributed by atoms with E-state index in [1.165, 1.54) is 12.2 Å². The second kappa shape index (κ2) is 6.00. The lowest BCUT2D eigenvalue weighted by atomic mass is 10.1. The van der Waals surface area contributed by atoms with Crippen molar-refractivity contribution in [1.29, 1.82) is 0 Å². The fraction of sp³-hybridized carbons (Fsp3) is 0.417. The van der Waals surface area contributed by atoms with Crippen molar-refractivity contribution < 1.29 is 14.4 Å². The van der Waals surface area contributed by atoms with Crippen LogP contribution in [0.2, 0.25) is 0 Å². The molecule has 0 heterocycles. The van der Waals surface area contributed by atoms with E-state index in [0.29, 0.717) is 6.42 Å². The lowest BCUT2D eigenvalue weighted by Crippen LogP contribution is -2.28. The third kappa shape index (κ3) is 3.81. The molecule has 4 heteroatoms. The zero-order chi connectivity index (χ0) is 12.0. The summed E-state index contributed by atoms with van der Waals surface area (Å²) in [5.74, 6) is -0.817. The molecule has 0 spiro atoms. The van der Waals surface area contributed by atoms with Crippen molar-refractivity contribution in [2.24, 2.45) is 0 Å². The first-order valence-electron chi connectivity index (χ1n) is 5.41. The van der Waals surface area contributed by atoms with Gasteiger partial charge in [-0.1, -0.05) is 19.8 Å². The molecule has 0 fully saturated rings. The molecular weight excluding hydrogens is 206 g/mol. The van der Waals surface area contributed by atoms with Gasteiger partial charge in [0, 0.05) is 12.5 Å². The van der Waals surface area contributed by atoms with Crippen LogP contribution >= 0.6 is 0 Å². The molecule has 0 radical (unpaired) electrons. The van der Waals surface area contributed by atoms with E-state index in [-0.39, 0.29) is 23.2 Å². The van der Waals surface area contributed by atoms with Gasteiger partial charge in [-0.25, -0.2) is 0 Å². The molecule has 4 nitrogen and oxygen atoms in total. The molecule has 0 saturated heterocycles. The van der Waals surface area contributed by atoms with Crippen LogP contribution in [0.25, 0.3) is 0 Å². The fourth-order valence-corrected chi connectivity index (χ4v) is 1.36. The van der Waals surface area contributed by atoms with Crippen molar-refractivity contribution >= 4 is 17.5 Å². The average Bonchev–Trinajstić information content (AvgIpc) is 2.24. The van der Waals surface area contributed by atoms with Crippen molar-refractivity contribution in [1.82, 2.24) is 5.32 Å². The maximum Gasteiger partial charge on any atom is 0.224 e. The third-order valence-electron chi connectivity index (χ3n) is 2.23.